The van der Waals surface area contributed by atoms with Crippen molar-refractivity contribution < 1.29 is 4.79 Å². The third kappa shape index (κ3) is 3.53. The van der Waals surface area contributed by atoms with Crippen LogP contribution in [-0.4, -0.2) is 10.9 Å². The van der Waals surface area contributed by atoms with Crippen molar-refractivity contribution in [3.63, 3.8) is 0 Å². The quantitative estimate of drug-likeness (QED) is 0.925. The topological polar surface area (TPSA) is 42.0 Å². The van der Waals surface area contributed by atoms with Crippen molar-refractivity contribution in [3.05, 3.63) is 22.3 Å². The van der Waals surface area contributed by atoms with Crippen LogP contribution in [0.25, 0.3) is 0 Å². The predicted octanol–water partition coefficient (Wildman–Crippen LogP) is 3.67. The Morgan fingerprint density at radius 1 is 1.53 bits per heavy atom. The van der Waals surface area contributed by atoms with Crippen molar-refractivity contribution in [2.45, 2.75) is 39.0 Å². The van der Waals surface area contributed by atoms with Crippen LogP contribution in [0.4, 0.5) is 5.82 Å². The van der Waals surface area contributed by atoms with E-state index in [1.165, 1.54) is 25.7 Å². The van der Waals surface area contributed by atoms with Gasteiger partial charge in [0.15, 0.2) is 0 Å². The maximum absolute atomic E-state index is 11.8. The molecule has 1 aromatic heterocycles. The van der Waals surface area contributed by atoms with E-state index in [0.29, 0.717) is 18.2 Å². The Hall–Kier alpha value is -0.900. The highest BCUT2D eigenvalue weighted by Gasteiger charge is 2.18. The number of anilines is 1. The van der Waals surface area contributed by atoms with Crippen LogP contribution in [0.3, 0.4) is 0 Å². The zero-order valence-electron chi connectivity index (χ0n) is 10.0. The van der Waals surface area contributed by atoms with Crippen LogP contribution >= 0.6 is 15.9 Å². The number of hydrogen-bond donors (Lipinski definition) is 1. The molecule has 0 aromatic carbocycles. The average Bonchev–Trinajstić information content (AvgIpc) is 2.75. The molecule has 0 aliphatic heterocycles. The van der Waals surface area contributed by atoms with Crippen molar-refractivity contribution in [1.82, 2.24) is 4.98 Å². The van der Waals surface area contributed by atoms with Gasteiger partial charge in [0.2, 0.25) is 5.91 Å². The monoisotopic (exact) mass is 296 g/mol. The van der Waals surface area contributed by atoms with Gasteiger partial charge in [-0.2, -0.15) is 0 Å². The van der Waals surface area contributed by atoms with Gasteiger partial charge in [-0.1, -0.05) is 12.8 Å². The van der Waals surface area contributed by atoms with E-state index in [9.17, 15) is 4.79 Å². The molecule has 2 rings (SSSR count). The number of nitrogens with zero attached hydrogens (tertiary/aromatic N) is 1. The number of pyridine rings is 1. The maximum atomic E-state index is 11.8. The van der Waals surface area contributed by atoms with Crippen LogP contribution < -0.4 is 5.32 Å². The van der Waals surface area contributed by atoms with E-state index in [1.54, 1.807) is 6.20 Å². The van der Waals surface area contributed by atoms with Gasteiger partial charge in [-0.3, -0.25) is 4.79 Å². The minimum atomic E-state index is 0.0924. The van der Waals surface area contributed by atoms with Gasteiger partial charge in [0.1, 0.15) is 5.82 Å². The highest BCUT2D eigenvalue weighted by atomic mass is 79.9. The van der Waals surface area contributed by atoms with E-state index in [0.717, 1.165) is 10.0 Å². The Kier molecular flexibility index (Phi) is 4.15. The minimum absolute atomic E-state index is 0.0924. The van der Waals surface area contributed by atoms with Crippen molar-refractivity contribution in [2.24, 2.45) is 5.92 Å². The molecule has 1 N–H and O–H groups in total. The molecule has 0 atom stereocenters. The Bertz CT molecular complexity index is 414. The first-order valence-corrected chi connectivity index (χ1v) is 6.86. The lowest BCUT2D eigenvalue weighted by Gasteiger charge is -2.10. The number of halogens is 1. The molecule has 1 heterocycles. The number of nitrogens with one attached hydrogen (secondary N) is 1. The van der Waals surface area contributed by atoms with Gasteiger partial charge in [0.25, 0.3) is 0 Å². The predicted molar refractivity (Wildman–Crippen MR) is 71.9 cm³/mol. The molecule has 4 heteroatoms. The van der Waals surface area contributed by atoms with Gasteiger partial charge in [-0.25, -0.2) is 4.98 Å². The molecule has 0 unspecified atom stereocenters. The Morgan fingerprint density at radius 2 is 2.24 bits per heavy atom. The number of hydrogen-bond acceptors (Lipinski definition) is 2. The van der Waals surface area contributed by atoms with E-state index in [4.69, 9.17) is 0 Å². The van der Waals surface area contributed by atoms with Gasteiger partial charge in [-0.15, -0.1) is 0 Å². The molecule has 0 radical (unpaired) electrons. The fraction of sp³-hybridized carbons (Fsp3) is 0.538. The lowest BCUT2D eigenvalue weighted by Crippen LogP contribution is -2.16. The van der Waals surface area contributed by atoms with Gasteiger partial charge < -0.3 is 5.32 Å². The van der Waals surface area contributed by atoms with Crippen LogP contribution in [0.5, 0.6) is 0 Å². The number of aryl methyl sites for hydroxylation is 1. The molecule has 1 aliphatic carbocycles. The third-order valence-electron chi connectivity index (χ3n) is 3.25. The molecule has 1 amide bonds. The molecule has 0 spiro atoms. The van der Waals surface area contributed by atoms with Gasteiger partial charge in [0, 0.05) is 17.1 Å². The molecular formula is C13H17BrN2O. The highest BCUT2D eigenvalue weighted by molar-refractivity contribution is 9.10. The second-order valence-electron chi connectivity index (χ2n) is 4.72. The van der Waals surface area contributed by atoms with E-state index in [2.05, 4.69) is 26.2 Å². The minimum Gasteiger partial charge on any atom is -0.310 e. The summed E-state index contributed by atoms with van der Waals surface area (Å²) in [5.41, 5.74) is 0.985. The lowest BCUT2D eigenvalue weighted by atomic mass is 10.0. The SMILES string of the molecule is Cc1cc(Br)cnc1NC(=O)CC1CCCC1. The number of carbonyl (C=O) groups is 1. The summed E-state index contributed by atoms with van der Waals surface area (Å²) < 4.78 is 0.934. The van der Waals surface area contributed by atoms with Crippen LogP contribution in [0.15, 0.2) is 16.7 Å². The molecule has 1 aliphatic rings. The molecule has 1 fully saturated rings. The van der Waals surface area contributed by atoms with Crippen LogP contribution in [0.1, 0.15) is 37.7 Å². The standard InChI is InChI=1S/C13H17BrN2O/c1-9-6-11(14)8-15-13(9)16-12(17)7-10-4-2-3-5-10/h6,8,10H,2-5,7H2,1H3,(H,15,16,17). The normalized spacial score (nSPS) is 16.1. The first kappa shape index (κ1) is 12.6. The zero-order valence-corrected chi connectivity index (χ0v) is 11.6. The summed E-state index contributed by atoms with van der Waals surface area (Å²) in [7, 11) is 0. The molecule has 17 heavy (non-hydrogen) atoms. The first-order chi connectivity index (χ1) is 8.15. The van der Waals surface area contributed by atoms with E-state index < -0.39 is 0 Å². The van der Waals surface area contributed by atoms with E-state index >= 15 is 0 Å². The second kappa shape index (κ2) is 5.63. The number of amides is 1. The van der Waals surface area contributed by atoms with Crippen molar-refractivity contribution in [2.75, 3.05) is 5.32 Å². The third-order valence-corrected chi connectivity index (χ3v) is 3.69. The van der Waals surface area contributed by atoms with Crippen molar-refractivity contribution in [1.29, 1.82) is 0 Å². The molecule has 1 aromatic rings. The molecular weight excluding hydrogens is 280 g/mol. The Balaban J connectivity index is 1.93. The summed E-state index contributed by atoms with van der Waals surface area (Å²) in [6.45, 7) is 1.95. The Morgan fingerprint density at radius 3 is 2.88 bits per heavy atom. The largest absolute Gasteiger partial charge is 0.310 e. The summed E-state index contributed by atoms with van der Waals surface area (Å²) >= 11 is 3.36. The van der Waals surface area contributed by atoms with Gasteiger partial charge >= 0.3 is 0 Å². The first-order valence-electron chi connectivity index (χ1n) is 6.07. The van der Waals surface area contributed by atoms with Crippen LogP contribution in [0, 0.1) is 12.8 Å². The smallest absolute Gasteiger partial charge is 0.225 e. The lowest BCUT2D eigenvalue weighted by molar-refractivity contribution is -0.117. The molecule has 3 nitrogen and oxygen atoms in total. The van der Waals surface area contributed by atoms with Crippen LogP contribution in [-0.2, 0) is 4.79 Å². The molecule has 1 saturated carbocycles. The highest BCUT2D eigenvalue weighted by Crippen LogP contribution is 2.28. The number of carbonyl (C=O) groups excluding carboxylic acids is 1. The van der Waals surface area contributed by atoms with Gasteiger partial charge in [-0.05, 0) is 53.2 Å². The summed E-state index contributed by atoms with van der Waals surface area (Å²) in [6.07, 6.45) is 7.27. The summed E-state index contributed by atoms with van der Waals surface area (Å²) in [6, 6.07) is 1.96. The summed E-state index contributed by atoms with van der Waals surface area (Å²) in [5.74, 6) is 1.34. The van der Waals surface area contributed by atoms with Crippen molar-refractivity contribution >= 4 is 27.7 Å². The number of rotatable bonds is 3. The average molecular weight is 297 g/mol. The molecule has 0 bridgehead atoms. The molecule has 0 saturated heterocycles. The fourth-order valence-corrected chi connectivity index (χ4v) is 2.78. The second-order valence-corrected chi connectivity index (χ2v) is 5.64. The fourth-order valence-electron chi connectivity index (χ4n) is 2.33. The zero-order chi connectivity index (χ0) is 12.3. The van der Waals surface area contributed by atoms with Crippen molar-refractivity contribution in [3.8, 4) is 0 Å². The number of aromatic nitrogens is 1. The Labute approximate surface area is 110 Å². The summed E-state index contributed by atoms with van der Waals surface area (Å²) in [4.78, 5) is 16.1. The van der Waals surface area contributed by atoms with Crippen LogP contribution in [0.2, 0.25) is 0 Å². The summed E-state index contributed by atoms with van der Waals surface area (Å²) in [5, 5.41) is 2.89. The van der Waals surface area contributed by atoms with E-state index in [-0.39, 0.29) is 5.91 Å². The van der Waals surface area contributed by atoms with E-state index in [1.807, 2.05) is 13.0 Å². The molecule has 92 valence electrons. The maximum Gasteiger partial charge on any atom is 0.225 e. The van der Waals surface area contributed by atoms with Gasteiger partial charge in [0.05, 0.1) is 0 Å².